The van der Waals surface area contributed by atoms with Gasteiger partial charge in [-0.2, -0.15) is 5.26 Å². The second kappa shape index (κ2) is 8.53. The Morgan fingerprint density at radius 3 is 2.38 bits per heavy atom. The van der Waals surface area contributed by atoms with Crippen LogP contribution in [0.1, 0.15) is 24.0 Å². The van der Waals surface area contributed by atoms with Crippen LogP contribution in [0.3, 0.4) is 0 Å². The number of halogens is 2. The SMILES string of the molecule is N#CCOc1ccc(Br)cc1CN1CCC(O)(c2ccc(Br)cc2)CC1. The van der Waals surface area contributed by atoms with Crippen LogP contribution >= 0.6 is 31.9 Å². The minimum absolute atomic E-state index is 0.0396. The molecule has 0 atom stereocenters. The zero-order valence-electron chi connectivity index (χ0n) is 14.3. The van der Waals surface area contributed by atoms with E-state index in [1.807, 2.05) is 48.5 Å². The summed E-state index contributed by atoms with van der Waals surface area (Å²) >= 11 is 6.94. The van der Waals surface area contributed by atoms with Crippen LogP contribution in [-0.4, -0.2) is 29.7 Å². The van der Waals surface area contributed by atoms with Gasteiger partial charge in [0, 0.05) is 34.1 Å². The maximum Gasteiger partial charge on any atom is 0.174 e. The van der Waals surface area contributed by atoms with Crippen molar-refractivity contribution >= 4 is 31.9 Å². The van der Waals surface area contributed by atoms with Gasteiger partial charge in [0.05, 0.1) is 5.60 Å². The van der Waals surface area contributed by atoms with Gasteiger partial charge < -0.3 is 9.84 Å². The monoisotopic (exact) mass is 478 g/mol. The van der Waals surface area contributed by atoms with Gasteiger partial charge in [-0.1, -0.05) is 44.0 Å². The second-order valence-electron chi connectivity index (χ2n) is 6.51. The van der Waals surface area contributed by atoms with E-state index in [-0.39, 0.29) is 6.61 Å². The van der Waals surface area contributed by atoms with Gasteiger partial charge in [-0.3, -0.25) is 4.90 Å². The van der Waals surface area contributed by atoms with Gasteiger partial charge in [0.1, 0.15) is 11.8 Å². The zero-order valence-corrected chi connectivity index (χ0v) is 17.5. The number of nitrogens with zero attached hydrogens (tertiary/aromatic N) is 2. The zero-order chi connectivity index (χ0) is 18.6. The van der Waals surface area contributed by atoms with Gasteiger partial charge >= 0.3 is 0 Å². The fraction of sp³-hybridized carbons (Fsp3) is 0.350. The fourth-order valence-corrected chi connectivity index (χ4v) is 3.97. The van der Waals surface area contributed by atoms with Crippen LogP contribution in [0.25, 0.3) is 0 Å². The van der Waals surface area contributed by atoms with E-state index < -0.39 is 5.60 Å². The highest BCUT2D eigenvalue weighted by Crippen LogP contribution is 2.34. The topological polar surface area (TPSA) is 56.5 Å². The quantitative estimate of drug-likeness (QED) is 0.680. The van der Waals surface area contributed by atoms with E-state index in [9.17, 15) is 5.11 Å². The molecule has 1 N–H and O–H groups in total. The average molecular weight is 480 g/mol. The van der Waals surface area contributed by atoms with E-state index in [1.54, 1.807) is 0 Å². The largest absolute Gasteiger partial charge is 0.478 e. The summed E-state index contributed by atoms with van der Waals surface area (Å²) in [6, 6.07) is 15.8. The van der Waals surface area contributed by atoms with Crippen LogP contribution in [0, 0.1) is 11.3 Å². The molecule has 0 spiro atoms. The van der Waals surface area contributed by atoms with E-state index in [1.165, 1.54) is 0 Å². The van der Waals surface area contributed by atoms with Gasteiger partial charge in [-0.15, -0.1) is 0 Å². The van der Waals surface area contributed by atoms with Crippen LogP contribution in [-0.2, 0) is 12.1 Å². The molecule has 0 unspecified atom stereocenters. The molecule has 4 nitrogen and oxygen atoms in total. The Morgan fingerprint density at radius 2 is 1.73 bits per heavy atom. The standard InChI is InChI=1S/C20H20Br2N2O2/c21-17-3-1-16(2-4-17)20(25)7-10-24(11-8-20)14-15-13-18(22)5-6-19(15)26-12-9-23/h1-6,13,25H,7-8,10-12,14H2. The van der Waals surface area contributed by atoms with Crippen LogP contribution in [0.15, 0.2) is 51.4 Å². The summed E-state index contributed by atoms with van der Waals surface area (Å²) < 4.78 is 7.54. The Kier molecular flexibility index (Phi) is 6.36. The van der Waals surface area contributed by atoms with E-state index in [4.69, 9.17) is 10.00 Å². The van der Waals surface area contributed by atoms with Crippen LogP contribution < -0.4 is 4.74 Å². The molecular weight excluding hydrogens is 460 g/mol. The highest BCUT2D eigenvalue weighted by atomic mass is 79.9. The first-order valence-corrected chi connectivity index (χ1v) is 10.1. The first-order chi connectivity index (χ1) is 12.5. The Labute approximate surface area is 170 Å². The third-order valence-electron chi connectivity index (χ3n) is 4.77. The molecular formula is C20H20Br2N2O2. The van der Waals surface area contributed by atoms with Gasteiger partial charge in [0.2, 0.25) is 0 Å². The summed E-state index contributed by atoms with van der Waals surface area (Å²) in [6.07, 6.45) is 1.38. The summed E-state index contributed by atoms with van der Waals surface area (Å²) in [7, 11) is 0. The summed E-state index contributed by atoms with van der Waals surface area (Å²) in [4.78, 5) is 2.31. The van der Waals surface area contributed by atoms with Gasteiger partial charge in [0.15, 0.2) is 6.61 Å². The number of piperidine rings is 1. The van der Waals surface area contributed by atoms with Gasteiger partial charge in [-0.25, -0.2) is 0 Å². The lowest BCUT2D eigenvalue weighted by atomic mass is 9.84. The maximum atomic E-state index is 11.0. The molecule has 1 saturated heterocycles. The number of rotatable bonds is 5. The molecule has 0 amide bonds. The number of hydrogen-bond acceptors (Lipinski definition) is 4. The molecule has 1 fully saturated rings. The number of hydrogen-bond donors (Lipinski definition) is 1. The van der Waals surface area contributed by atoms with Crippen molar-refractivity contribution in [1.29, 1.82) is 5.26 Å². The number of benzene rings is 2. The third kappa shape index (κ3) is 4.66. The minimum Gasteiger partial charge on any atom is -0.478 e. The first-order valence-electron chi connectivity index (χ1n) is 8.49. The smallest absolute Gasteiger partial charge is 0.174 e. The van der Waals surface area contributed by atoms with Crippen molar-refractivity contribution in [3.63, 3.8) is 0 Å². The lowest BCUT2D eigenvalue weighted by molar-refractivity contribution is -0.0278. The summed E-state index contributed by atoms with van der Waals surface area (Å²) in [5.74, 6) is 0.739. The Morgan fingerprint density at radius 1 is 1.08 bits per heavy atom. The number of ether oxygens (including phenoxy) is 1. The molecule has 6 heteroatoms. The lowest BCUT2D eigenvalue weighted by Crippen LogP contribution is -2.42. The summed E-state index contributed by atoms with van der Waals surface area (Å²) in [6.45, 7) is 2.38. The molecule has 1 heterocycles. The number of nitriles is 1. The molecule has 0 bridgehead atoms. The van der Waals surface area contributed by atoms with Crippen LogP contribution in [0.5, 0.6) is 5.75 Å². The van der Waals surface area contributed by atoms with Gasteiger partial charge in [-0.05, 0) is 48.7 Å². The third-order valence-corrected chi connectivity index (χ3v) is 5.80. The summed E-state index contributed by atoms with van der Waals surface area (Å²) in [5, 5.41) is 19.8. The fourth-order valence-electron chi connectivity index (χ4n) is 3.29. The van der Waals surface area contributed by atoms with Crippen molar-refractivity contribution in [3.8, 4) is 11.8 Å². The number of aliphatic hydroxyl groups is 1. The van der Waals surface area contributed by atoms with Gasteiger partial charge in [0.25, 0.3) is 0 Å². The maximum absolute atomic E-state index is 11.0. The molecule has 2 aromatic rings. The highest BCUT2D eigenvalue weighted by Gasteiger charge is 2.34. The molecule has 0 radical (unpaired) electrons. The van der Waals surface area contributed by atoms with E-state index >= 15 is 0 Å². The minimum atomic E-state index is -0.769. The van der Waals surface area contributed by atoms with Crippen molar-refractivity contribution in [2.75, 3.05) is 19.7 Å². The summed E-state index contributed by atoms with van der Waals surface area (Å²) in [5.41, 5.74) is 1.25. The Hall–Kier alpha value is -1.39. The normalized spacial score (nSPS) is 16.8. The molecule has 0 saturated carbocycles. The van der Waals surface area contributed by atoms with E-state index in [0.717, 1.165) is 45.5 Å². The predicted octanol–water partition coefficient (Wildman–Crippen LogP) is 4.60. The lowest BCUT2D eigenvalue weighted by Gasteiger charge is -2.38. The highest BCUT2D eigenvalue weighted by molar-refractivity contribution is 9.10. The molecule has 26 heavy (non-hydrogen) atoms. The predicted molar refractivity (Wildman–Crippen MR) is 108 cm³/mol. The molecule has 1 aliphatic heterocycles. The van der Waals surface area contributed by atoms with Crippen LogP contribution in [0.2, 0.25) is 0 Å². The molecule has 1 aliphatic rings. The average Bonchev–Trinajstić information content (AvgIpc) is 2.64. The first kappa shape index (κ1) is 19.4. The van der Waals surface area contributed by atoms with Crippen molar-refractivity contribution in [1.82, 2.24) is 4.90 Å². The van der Waals surface area contributed by atoms with Crippen molar-refractivity contribution in [2.24, 2.45) is 0 Å². The Bertz CT molecular complexity index is 794. The molecule has 0 aromatic heterocycles. The molecule has 2 aromatic carbocycles. The molecule has 136 valence electrons. The second-order valence-corrected chi connectivity index (χ2v) is 8.34. The number of likely N-dealkylation sites (tertiary alicyclic amines) is 1. The Balaban J connectivity index is 1.66. The molecule has 3 rings (SSSR count). The van der Waals surface area contributed by atoms with Crippen molar-refractivity contribution in [3.05, 3.63) is 62.5 Å². The molecule has 0 aliphatic carbocycles. The van der Waals surface area contributed by atoms with Crippen LogP contribution in [0.4, 0.5) is 0 Å². The van der Waals surface area contributed by atoms with Crippen molar-refractivity contribution in [2.45, 2.75) is 25.0 Å². The van der Waals surface area contributed by atoms with E-state index in [2.05, 4.69) is 36.8 Å². The van der Waals surface area contributed by atoms with Crippen molar-refractivity contribution < 1.29 is 9.84 Å². The van der Waals surface area contributed by atoms with E-state index in [0.29, 0.717) is 12.8 Å².